The van der Waals surface area contributed by atoms with Crippen molar-refractivity contribution < 1.29 is 8.42 Å². The average molecular weight is 456 g/mol. The van der Waals surface area contributed by atoms with Crippen molar-refractivity contribution in [1.82, 2.24) is 19.7 Å². The lowest BCUT2D eigenvalue weighted by molar-refractivity contribution is 0.459. The minimum absolute atomic E-state index is 0.125. The molecule has 160 valence electrons. The molecule has 1 aromatic carbocycles. The highest BCUT2D eigenvalue weighted by Gasteiger charge is 2.26. The number of nitrogens with one attached hydrogen (secondary N) is 2. The van der Waals surface area contributed by atoms with Crippen molar-refractivity contribution in [2.45, 2.75) is 36.6 Å². The summed E-state index contributed by atoms with van der Waals surface area (Å²) in [6.07, 6.45) is 5.32. The fourth-order valence-electron chi connectivity index (χ4n) is 3.76. The van der Waals surface area contributed by atoms with Gasteiger partial charge in [0.1, 0.15) is 17.8 Å². The van der Waals surface area contributed by atoms with E-state index in [0.29, 0.717) is 36.9 Å². The topological polar surface area (TPSA) is 91.0 Å². The third-order valence-electron chi connectivity index (χ3n) is 5.63. The molecule has 2 fully saturated rings. The highest BCUT2D eigenvalue weighted by atomic mass is 35.5. The zero-order valence-corrected chi connectivity index (χ0v) is 18.4. The van der Waals surface area contributed by atoms with E-state index in [1.165, 1.54) is 25.0 Å². The quantitative estimate of drug-likeness (QED) is 0.589. The van der Waals surface area contributed by atoms with Crippen LogP contribution in [0.1, 0.15) is 31.4 Å². The Morgan fingerprint density at radius 2 is 1.84 bits per heavy atom. The number of halogens is 1. The van der Waals surface area contributed by atoms with Crippen molar-refractivity contribution in [3.05, 3.63) is 47.4 Å². The van der Waals surface area contributed by atoms with Crippen molar-refractivity contribution in [2.24, 2.45) is 5.92 Å². The molecule has 1 aliphatic heterocycles. The second-order valence-corrected chi connectivity index (χ2v) is 10.2. The monoisotopic (exact) mass is 455 g/mol. The third-order valence-corrected chi connectivity index (χ3v) is 7.42. The molecule has 0 radical (unpaired) electrons. The number of anilines is 1. The highest BCUT2D eigenvalue weighted by Crippen LogP contribution is 2.29. The van der Waals surface area contributed by atoms with Gasteiger partial charge in [0.05, 0.1) is 16.0 Å². The molecule has 1 aliphatic carbocycles. The van der Waals surface area contributed by atoms with Gasteiger partial charge >= 0.3 is 0 Å². The number of fused-ring (bicyclic) bond motifs is 1. The van der Waals surface area contributed by atoms with Crippen LogP contribution in [0, 0.1) is 17.8 Å². The number of nitrogens with zero attached hydrogens (tertiary/aromatic N) is 3. The van der Waals surface area contributed by atoms with Crippen LogP contribution in [-0.2, 0) is 10.0 Å². The van der Waals surface area contributed by atoms with Crippen LogP contribution in [0.4, 0.5) is 5.82 Å². The second-order valence-electron chi connectivity index (χ2n) is 8.02. The first-order chi connectivity index (χ1) is 15.0. The van der Waals surface area contributed by atoms with Crippen molar-refractivity contribution in [3.63, 3.8) is 0 Å². The van der Waals surface area contributed by atoms with Crippen molar-refractivity contribution >= 4 is 38.5 Å². The Labute approximate surface area is 186 Å². The first kappa shape index (κ1) is 20.3. The molecule has 0 spiro atoms. The Hall–Kier alpha value is -2.60. The van der Waals surface area contributed by atoms with E-state index in [4.69, 9.17) is 11.6 Å². The number of aromatic amines is 1. The molecule has 2 aromatic heterocycles. The fraction of sp³-hybridized carbons (Fsp3) is 0.364. The van der Waals surface area contributed by atoms with E-state index in [9.17, 15) is 8.42 Å². The number of piperidine rings is 1. The SMILES string of the molecule is O=S(=O)(NC1CCN(c2ncnc3[nH]c(C#CC4CC4)cc23)CC1)c1ccc(Cl)cc1. The molecule has 3 heterocycles. The van der Waals surface area contributed by atoms with Crippen molar-refractivity contribution in [1.29, 1.82) is 0 Å². The molecular weight excluding hydrogens is 434 g/mol. The summed E-state index contributed by atoms with van der Waals surface area (Å²) >= 11 is 5.86. The van der Waals surface area contributed by atoms with Gasteiger partial charge in [0.25, 0.3) is 0 Å². The Morgan fingerprint density at radius 3 is 2.55 bits per heavy atom. The fourth-order valence-corrected chi connectivity index (χ4v) is 5.19. The van der Waals surface area contributed by atoms with Crippen LogP contribution in [0.2, 0.25) is 5.02 Å². The van der Waals surface area contributed by atoms with Crippen LogP contribution in [0.25, 0.3) is 11.0 Å². The molecule has 3 aromatic rings. The summed E-state index contributed by atoms with van der Waals surface area (Å²) in [4.78, 5) is 14.5. The molecule has 2 N–H and O–H groups in total. The molecule has 7 nitrogen and oxygen atoms in total. The van der Waals surface area contributed by atoms with E-state index in [2.05, 4.69) is 36.4 Å². The number of benzene rings is 1. The van der Waals surface area contributed by atoms with Gasteiger partial charge < -0.3 is 9.88 Å². The Morgan fingerprint density at radius 1 is 1.10 bits per heavy atom. The molecule has 0 unspecified atom stereocenters. The smallest absolute Gasteiger partial charge is 0.240 e. The molecule has 9 heteroatoms. The largest absolute Gasteiger partial charge is 0.356 e. The predicted molar refractivity (Wildman–Crippen MR) is 120 cm³/mol. The molecule has 0 bridgehead atoms. The molecule has 1 saturated heterocycles. The van der Waals surface area contributed by atoms with Gasteiger partial charge in [0, 0.05) is 30.1 Å². The number of rotatable bonds is 4. The third kappa shape index (κ3) is 4.54. The van der Waals surface area contributed by atoms with E-state index in [1.54, 1.807) is 18.5 Å². The molecule has 2 aliphatic rings. The van der Waals surface area contributed by atoms with Crippen LogP contribution in [0.5, 0.6) is 0 Å². The minimum atomic E-state index is -3.57. The Balaban J connectivity index is 1.27. The van der Waals surface area contributed by atoms with E-state index in [0.717, 1.165) is 22.5 Å². The van der Waals surface area contributed by atoms with Gasteiger partial charge in [-0.1, -0.05) is 17.5 Å². The van der Waals surface area contributed by atoms with Crippen molar-refractivity contribution in [3.8, 4) is 11.8 Å². The maximum absolute atomic E-state index is 12.6. The molecular formula is C22H22ClN5O2S. The van der Waals surface area contributed by atoms with E-state index in [1.807, 2.05) is 6.07 Å². The van der Waals surface area contributed by atoms with E-state index >= 15 is 0 Å². The average Bonchev–Trinajstić information content (AvgIpc) is 3.49. The summed E-state index contributed by atoms with van der Waals surface area (Å²) in [6.45, 7) is 1.41. The highest BCUT2D eigenvalue weighted by molar-refractivity contribution is 7.89. The summed E-state index contributed by atoms with van der Waals surface area (Å²) in [5.74, 6) is 7.86. The molecule has 0 atom stereocenters. The van der Waals surface area contributed by atoms with E-state index in [-0.39, 0.29) is 10.9 Å². The lowest BCUT2D eigenvalue weighted by atomic mass is 10.1. The van der Waals surface area contributed by atoms with Crippen LogP contribution in [-0.4, -0.2) is 42.5 Å². The van der Waals surface area contributed by atoms with Crippen LogP contribution in [0.3, 0.4) is 0 Å². The number of hydrogen-bond acceptors (Lipinski definition) is 5. The molecule has 5 rings (SSSR count). The zero-order valence-electron chi connectivity index (χ0n) is 16.8. The van der Waals surface area contributed by atoms with Gasteiger partial charge in [-0.15, -0.1) is 0 Å². The van der Waals surface area contributed by atoms with Gasteiger partial charge in [-0.2, -0.15) is 0 Å². The Bertz CT molecular complexity index is 1260. The van der Waals surface area contributed by atoms with Gasteiger partial charge in [-0.3, -0.25) is 0 Å². The van der Waals surface area contributed by atoms with Gasteiger partial charge in [0.2, 0.25) is 10.0 Å². The summed E-state index contributed by atoms with van der Waals surface area (Å²) < 4.78 is 28.1. The molecule has 31 heavy (non-hydrogen) atoms. The minimum Gasteiger partial charge on any atom is -0.356 e. The normalized spacial score (nSPS) is 17.5. The van der Waals surface area contributed by atoms with Crippen LogP contribution in [0.15, 0.2) is 41.6 Å². The standard InChI is InChI=1S/C22H22ClN5O2S/c23-16-4-7-19(8-5-16)31(29,30)27-17-9-11-28(12-10-17)22-20-13-18(6-3-15-1-2-15)26-21(20)24-14-25-22/h4-5,7-8,13-15,17,27H,1-2,9-12H2,(H,24,25,26). The Kier molecular flexibility index (Phi) is 5.34. The molecule has 1 saturated carbocycles. The predicted octanol–water partition coefficient (Wildman–Crippen LogP) is 3.32. The first-order valence-corrected chi connectivity index (χ1v) is 12.2. The molecule has 0 amide bonds. The maximum atomic E-state index is 12.6. The summed E-state index contributed by atoms with van der Waals surface area (Å²) in [6, 6.07) is 8.09. The lowest BCUT2D eigenvalue weighted by Crippen LogP contribution is -2.44. The number of sulfonamides is 1. The van der Waals surface area contributed by atoms with E-state index < -0.39 is 10.0 Å². The van der Waals surface area contributed by atoms with Crippen LogP contribution < -0.4 is 9.62 Å². The second kappa shape index (κ2) is 8.15. The zero-order chi connectivity index (χ0) is 21.4. The number of hydrogen-bond donors (Lipinski definition) is 2. The lowest BCUT2D eigenvalue weighted by Gasteiger charge is -2.33. The van der Waals surface area contributed by atoms with Gasteiger partial charge in [0.15, 0.2) is 0 Å². The number of aromatic nitrogens is 3. The number of H-pyrrole nitrogens is 1. The van der Waals surface area contributed by atoms with Gasteiger partial charge in [-0.25, -0.2) is 23.1 Å². The summed E-state index contributed by atoms with van der Waals surface area (Å²) in [7, 11) is -3.57. The van der Waals surface area contributed by atoms with Crippen molar-refractivity contribution in [2.75, 3.05) is 18.0 Å². The van der Waals surface area contributed by atoms with Crippen LogP contribution >= 0.6 is 11.6 Å². The maximum Gasteiger partial charge on any atom is 0.240 e. The summed E-state index contributed by atoms with van der Waals surface area (Å²) in [5, 5.41) is 1.46. The van der Waals surface area contributed by atoms with Gasteiger partial charge in [-0.05, 0) is 61.9 Å². The summed E-state index contributed by atoms with van der Waals surface area (Å²) in [5.41, 5.74) is 1.63. The first-order valence-electron chi connectivity index (χ1n) is 10.4.